The van der Waals surface area contributed by atoms with Crippen LogP contribution in [0.4, 0.5) is 11.4 Å². The minimum Gasteiger partial charge on any atom is -0.459 e. The lowest BCUT2D eigenvalue weighted by molar-refractivity contribution is 0.0714. The summed E-state index contributed by atoms with van der Waals surface area (Å²) in [7, 11) is 0. The van der Waals surface area contributed by atoms with E-state index < -0.39 is 0 Å². The van der Waals surface area contributed by atoms with Gasteiger partial charge in [0.1, 0.15) is 5.52 Å². The molecule has 2 aromatic carbocycles. The lowest BCUT2D eigenvalue weighted by Crippen LogP contribution is -2.49. The number of ketones is 1. The molecular weight excluding hydrogens is 468 g/mol. The molecule has 4 aromatic rings. The standard InChI is InChI=1S/C29H28N4O4/c1-18-6-4-10-33(17-18)22-16-21(31-11-13-32(14-12-31)29(35)23-9-5-15-36-23)24-25-26(22)30-37-28(25)20-8-3-2-7-19(20)27(24)34/h2-3,5,7-9,15-16,18H,4,6,10-14,17H2,1H3/t18-/m0/s1. The van der Waals surface area contributed by atoms with Crippen LogP contribution in [-0.2, 0) is 0 Å². The van der Waals surface area contributed by atoms with Crippen LogP contribution in [0.15, 0.2) is 57.7 Å². The topological polar surface area (TPSA) is 83.0 Å². The van der Waals surface area contributed by atoms with Gasteiger partial charge in [0, 0.05) is 50.4 Å². The van der Waals surface area contributed by atoms with Crippen molar-refractivity contribution in [1.82, 2.24) is 10.1 Å². The quantitative estimate of drug-likeness (QED) is 0.354. The van der Waals surface area contributed by atoms with Crippen molar-refractivity contribution >= 4 is 34.0 Å². The van der Waals surface area contributed by atoms with Gasteiger partial charge in [0.05, 0.1) is 28.6 Å². The van der Waals surface area contributed by atoms with Crippen LogP contribution in [0.3, 0.4) is 0 Å². The summed E-state index contributed by atoms with van der Waals surface area (Å²) in [5, 5.41) is 5.33. The summed E-state index contributed by atoms with van der Waals surface area (Å²) in [4.78, 5) is 33.2. The molecule has 0 saturated carbocycles. The molecule has 0 bridgehead atoms. The van der Waals surface area contributed by atoms with E-state index in [1.165, 1.54) is 12.7 Å². The summed E-state index contributed by atoms with van der Waals surface area (Å²) in [6, 6.07) is 13.2. The molecule has 37 heavy (non-hydrogen) atoms. The number of benzene rings is 2. The Kier molecular flexibility index (Phi) is 5.09. The summed E-state index contributed by atoms with van der Waals surface area (Å²) in [6.45, 7) is 6.53. The third kappa shape index (κ3) is 3.46. The van der Waals surface area contributed by atoms with Gasteiger partial charge in [-0.15, -0.1) is 0 Å². The number of amides is 1. The van der Waals surface area contributed by atoms with Crippen molar-refractivity contribution in [2.75, 3.05) is 49.1 Å². The molecule has 2 saturated heterocycles. The highest BCUT2D eigenvalue weighted by atomic mass is 16.5. The molecule has 0 N–H and O–H groups in total. The maximum atomic E-state index is 13.9. The zero-order valence-corrected chi connectivity index (χ0v) is 20.8. The number of nitrogens with zero attached hydrogens (tertiary/aromatic N) is 4. The fraction of sp³-hybridized carbons (Fsp3) is 0.345. The highest BCUT2D eigenvalue weighted by molar-refractivity contribution is 6.28. The molecule has 2 aromatic heterocycles. The Morgan fingerprint density at radius 1 is 0.973 bits per heavy atom. The maximum absolute atomic E-state index is 13.9. The number of aromatic nitrogens is 1. The number of furan rings is 1. The zero-order valence-electron chi connectivity index (χ0n) is 20.8. The van der Waals surface area contributed by atoms with Crippen molar-refractivity contribution in [3.8, 4) is 11.3 Å². The number of hydrogen-bond donors (Lipinski definition) is 0. The second kappa shape index (κ2) is 8.50. The van der Waals surface area contributed by atoms with Gasteiger partial charge in [-0.3, -0.25) is 9.59 Å². The Morgan fingerprint density at radius 2 is 1.78 bits per heavy atom. The normalized spacial score (nSPS) is 19.4. The van der Waals surface area contributed by atoms with E-state index in [-0.39, 0.29) is 11.7 Å². The number of carbonyl (C=O) groups is 2. The van der Waals surface area contributed by atoms with Gasteiger partial charge in [-0.1, -0.05) is 36.3 Å². The summed E-state index contributed by atoms with van der Waals surface area (Å²) < 4.78 is 11.3. The molecule has 2 fully saturated rings. The summed E-state index contributed by atoms with van der Waals surface area (Å²) in [5.74, 6) is 1.51. The molecular formula is C29H28N4O4. The van der Waals surface area contributed by atoms with Crippen LogP contribution >= 0.6 is 0 Å². The Morgan fingerprint density at radius 3 is 2.54 bits per heavy atom. The van der Waals surface area contributed by atoms with E-state index in [2.05, 4.69) is 27.9 Å². The number of carbonyl (C=O) groups excluding carboxylic acids is 2. The van der Waals surface area contributed by atoms with Crippen molar-refractivity contribution in [3.05, 3.63) is 65.6 Å². The number of rotatable bonds is 3. The van der Waals surface area contributed by atoms with Crippen LogP contribution < -0.4 is 9.80 Å². The van der Waals surface area contributed by atoms with E-state index in [1.54, 1.807) is 12.1 Å². The van der Waals surface area contributed by atoms with Crippen molar-refractivity contribution in [1.29, 1.82) is 0 Å². The molecule has 7 rings (SSSR count). The maximum Gasteiger partial charge on any atom is 0.289 e. The fourth-order valence-corrected chi connectivity index (χ4v) is 6.13. The number of anilines is 2. The van der Waals surface area contributed by atoms with Gasteiger partial charge in [0.25, 0.3) is 5.91 Å². The molecule has 1 atom stereocenters. The first-order valence-electron chi connectivity index (χ1n) is 13.0. The molecule has 2 aliphatic heterocycles. The number of hydrogen-bond acceptors (Lipinski definition) is 7. The van der Waals surface area contributed by atoms with E-state index in [0.29, 0.717) is 54.7 Å². The van der Waals surface area contributed by atoms with Crippen LogP contribution in [0.5, 0.6) is 0 Å². The zero-order chi connectivity index (χ0) is 25.1. The average molecular weight is 497 g/mol. The second-order valence-corrected chi connectivity index (χ2v) is 10.3. The first kappa shape index (κ1) is 22.2. The molecule has 188 valence electrons. The smallest absolute Gasteiger partial charge is 0.289 e. The van der Waals surface area contributed by atoms with E-state index in [1.807, 2.05) is 29.2 Å². The molecule has 0 radical (unpaired) electrons. The molecule has 0 unspecified atom stereocenters. The van der Waals surface area contributed by atoms with E-state index in [9.17, 15) is 9.59 Å². The van der Waals surface area contributed by atoms with Gasteiger partial charge in [0.15, 0.2) is 17.3 Å². The SMILES string of the molecule is C[C@H]1CCCN(c2cc(N3CCN(C(=O)c4ccco4)CC3)c3c4c(onc24)-c2ccccc2C3=O)C1. The minimum atomic E-state index is -0.101. The predicted octanol–water partition coefficient (Wildman–Crippen LogP) is 4.83. The van der Waals surface area contributed by atoms with Crippen LogP contribution in [0.25, 0.3) is 22.2 Å². The highest BCUT2D eigenvalue weighted by Gasteiger charge is 2.36. The van der Waals surface area contributed by atoms with Crippen molar-refractivity contribution in [3.63, 3.8) is 0 Å². The molecule has 0 spiro atoms. The summed E-state index contributed by atoms with van der Waals surface area (Å²) in [5.41, 5.74) is 4.78. The monoisotopic (exact) mass is 496 g/mol. The van der Waals surface area contributed by atoms with Crippen LogP contribution in [-0.4, -0.2) is 61.0 Å². The van der Waals surface area contributed by atoms with Crippen LogP contribution in [0.2, 0.25) is 0 Å². The largest absolute Gasteiger partial charge is 0.459 e. The molecule has 3 aliphatic rings. The molecule has 1 amide bonds. The van der Waals surface area contributed by atoms with E-state index >= 15 is 0 Å². The van der Waals surface area contributed by atoms with E-state index in [0.717, 1.165) is 47.4 Å². The van der Waals surface area contributed by atoms with Crippen LogP contribution in [0, 0.1) is 5.92 Å². The predicted molar refractivity (Wildman–Crippen MR) is 140 cm³/mol. The van der Waals surface area contributed by atoms with Gasteiger partial charge in [-0.2, -0.15) is 0 Å². The van der Waals surface area contributed by atoms with Gasteiger partial charge >= 0.3 is 0 Å². The highest BCUT2D eigenvalue weighted by Crippen LogP contribution is 2.47. The summed E-state index contributed by atoms with van der Waals surface area (Å²) in [6.07, 6.45) is 3.86. The van der Waals surface area contributed by atoms with Crippen LogP contribution in [0.1, 0.15) is 46.2 Å². The van der Waals surface area contributed by atoms with Crippen molar-refractivity contribution in [2.45, 2.75) is 19.8 Å². The first-order valence-corrected chi connectivity index (χ1v) is 13.0. The Balaban J connectivity index is 1.33. The molecule has 8 nitrogen and oxygen atoms in total. The number of piperidine rings is 1. The van der Waals surface area contributed by atoms with Crippen molar-refractivity contribution in [2.24, 2.45) is 5.92 Å². The van der Waals surface area contributed by atoms with Crippen molar-refractivity contribution < 1.29 is 18.5 Å². The third-order valence-electron chi connectivity index (χ3n) is 7.99. The number of fused-ring (bicyclic) bond motifs is 2. The Bertz CT molecular complexity index is 1510. The minimum absolute atomic E-state index is 0.000969. The average Bonchev–Trinajstić information content (AvgIpc) is 3.62. The lowest BCUT2D eigenvalue weighted by atomic mass is 9.85. The summed E-state index contributed by atoms with van der Waals surface area (Å²) >= 11 is 0. The Hall–Kier alpha value is -4.07. The molecule has 8 heteroatoms. The second-order valence-electron chi connectivity index (χ2n) is 10.3. The third-order valence-corrected chi connectivity index (χ3v) is 7.99. The number of piperazine rings is 1. The van der Waals surface area contributed by atoms with Gasteiger partial charge in [0.2, 0.25) is 0 Å². The lowest BCUT2D eigenvalue weighted by Gasteiger charge is -2.38. The van der Waals surface area contributed by atoms with E-state index in [4.69, 9.17) is 8.94 Å². The molecule has 4 heterocycles. The fourth-order valence-electron chi connectivity index (χ4n) is 6.13. The van der Waals surface area contributed by atoms with Gasteiger partial charge in [-0.05, 0) is 37.0 Å². The van der Waals surface area contributed by atoms with Gasteiger partial charge < -0.3 is 23.6 Å². The molecule has 1 aliphatic carbocycles. The first-order chi connectivity index (χ1) is 18.1. The Labute approximate surface area is 214 Å². The van der Waals surface area contributed by atoms with Gasteiger partial charge in [-0.25, -0.2) is 0 Å².